The van der Waals surface area contributed by atoms with Crippen molar-refractivity contribution in [3.05, 3.63) is 47.1 Å². The molecule has 0 aliphatic heterocycles. The normalized spacial score (nSPS) is 10.9. The van der Waals surface area contributed by atoms with E-state index in [9.17, 15) is 4.39 Å². The Hall–Kier alpha value is -1.23. The first-order chi connectivity index (χ1) is 8.27. The Labute approximate surface area is 104 Å². The Balaban J connectivity index is 2.45. The van der Waals surface area contributed by atoms with Crippen LogP contribution in [0, 0.1) is 5.82 Å². The molecule has 90 valence electrons. The molecule has 4 heteroatoms. The highest BCUT2D eigenvalue weighted by Crippen LogP contribution is 2.33. The van der Waals surface area contributed by atoms with Crippen LogP contribution in [0.15, 0.2) is 30.9 Å². The fourth-order valence-electron chi connectivity index (χ4n) is 1.78. The third-order valence-electron chi connectivity index (χ3n) is 2.51. The summed E-state index contributed by atoms with van der Waals surface area (Å²) < 4.78 is 20.1. The van der Waals surface area contributed by atoms with E-state index in [2.05, 4.69) is 6.58 Å². The Morgan fingerprint density at radius 1 is 1.47 bits per heavy atom. The first kappa shape index (κ1) is 12.2. The summed E-state index contributed by atoms with van der Waals surface area (Å²) in [5.74, 6) is -0.212. The molecule has 1 aromatic carbocycles. The molecule has 0 saturated heterocycles. The highest BCUT2D eigenvalue weighted by atomic mass is 32.1. The lowest BCUT2D eigenvalue weighted by Crippen LogP contribution is -2.00. The fraction of sp³-hybridized carbons (Fsp3) is 0.231. The summed E-state index contributed by atoms with van der Waals surface area (Å²) in [4.78, 5) is 0.981. The van der Waals surface area contributed by atoms with Gasteiger partial charge < -0.3 is 10.5 Å². The zero-order valence-electron chi connectivity index (χ0n) is 9.41. The highest BCUT2D eigenvalue weighted by molar-refractivity contribution is 7.19. The Morgan fingerprint density at radius 2 is 2.29 bits per heavy atom. The summed E-state index contributed by atoms with van der Waals surface area (Å²) in [6.07, 6.45) is 1.67. The van der Waals surface area contributed by atoms with Crippen LogP contribution >= 0.6 is 11.3 Å². The third kappa shape index (κ3) is 2.39. The lowest BCUT2D eigenvalue weighted by molar-refractivity contribution is 0.149. The molecule has 0 unspecified atom stereocenters. The van der Waals surface area contributed by atoms with Crippen LogP contribution in [0.3, 0.4) is 0 Å². The number of hydrogen-bond donors (Lipinski definition) is 1. The number of benzene rings is 1. The van der Waals surface area contributed by atoms with Crippen LogP contribution in [-0.4, -0.2) is 6.61 Å². The molecule has 2 nitrogen and oxygen atoms in total. The van der Waals surface area contributed by atoms with Crippen molar-refractivity contribution in [2.75, 3.05) is 6.61 Å². The van der Waals surface area contributed by atoms with E-state index < -0.39 is 0 Å². The number of hydrogen-bond acceptors (Lipinski definition) is 3. The van der Waals surface area contributed by atoms with Crippen molar-refractivity contribution in [3.63, 3.8) is 0 Å². The van der Waals surface area contributed by atoms with Gasteiger partial charge in [0.1, 0.15) is 5.82 Å². The molecule has 1 heterocycles. The molecular weight excluding hydrogens is 237 g/mol. The van der Waals surface area contributed by atoms with E-state index in [0.29, 0.717) is 25.1 Å². The van der Waals surface area contributed by atoms with E-state index in [1.54, 1.807) is 12.1 Å². The monoisotopic (exact) mass is 251 g/mol. The average molecular weight is 251 g/mol. The molecular formula is C13H14FNOS. The molecule has 0 aliphatic carbocycles. The number of halogens is 1. The number of fused-ring (bicyclic) bond motifs is 1. The van der Waals surface area contributed by atoms with Crippen molar-refractivity contribution in [2.45, 2.75) is 13.2 Å². The molecule has 0 aliphatic rings. The van der Waals surface area contributed by atoms with Crippen LogP contribution in [-0.2, 0) is 17.9 Å². The van der Waals surface area contributed by atoms with E-state index in [1.165, 1.54) is 17.4 Å². The lowest BCUT2D eigenvalue weighted by Gasteiger charge is -2.03. The number of nitrogens with two attached hydrogens (primary N) is 1. The summed E-state index contributed by atoms with van der Waals surface area (Å²) in [6.45, 7) is 4.82. The fourth-order valence-corrected chi connectivity index (χ4v) is 2.88. The molecule has 2 rings (SSSR count). The van der Waals surface area contributed by atoms with Gasteiger partial charge in [0.25, 0.3) is 0 Å². The second-order valence-corrected chi connectivity index (χ2v) is 4.76. The van der Waals surface area contributed by atoms with Gasteiger partial charge in [0.2, 0.25) is 0 Å². The Kier molecular flexibility index (Phi) is 3.89. The zero-order chi connectivity index (χ0) is 12.3. The molecule has 0 radical (unpaired) electrons. The van der Waals surface area contributed by atoms with E-state index in [4.69, 9.17) is 10.5 Å². The van der Waals surface area contributed by atoms with Gasteiger partial charge in [-0.2, -0.15) is 0 Å². The van der Waals surface area contributed by atoms with Gasteiger partial charge >= 0.3 is 0 Å². The molecule has 0 atom stereocenters. The molecule has 1 aromatic heterocycles. The van der Waals surface area contributed by atoms with Gasteiger partial charge in [-0.1, -0.05) is 12.1 Å². The van der Waals surface area contributed by atoms with Crippen molar-refractivity contribution in [2.24, 2.45) is 5.73 Å². The Bertz CT molecular complexity index is 535. The number of thiophene rings is 1. The minimum atomic E-state index is -0.212. The van der Waals surface area contributed by atoms with Gasteiger partial charge in [-0.25, -0.2) is 4.39 Å². The maximum Gasteiger partial charge on any atom is 0.132 e. The van der Waals surface area contributed by atoms with Crippen LogP contribution < -0.4 is 5.73 Å². The maximum absolute atomic E-state index is 13.8. The third-order valence-corrected chi connectivity index (χ3v) is 3.73. The summed E-state index contributed by atoms with van der Waals surface area (Å²) >= 11 is 1.53. The van der Waals surface area contributed by atoms with Crippen LogP contribution in [0.5, 0.6) is 0 Å². The average Bonchev–Trinajstić information content (AvgIpc) is 2.69. The van der Waals surface area contributed by atoms with Crippen molar-refractivity contribution in [1.29, 1.82) is 0 Å². The van der Waals surface area contributed by atoms with E-state index in [-0.39, 0.29) is 5.82 Å². The molecule has 17 heavy (non-hydrogen) atoms. The number of rotatable bonds is 5. The maximum atomic E-state index is 13.8. The van der Waals surface area contributed by atoms with Gasteiger partial charge in [-0.05, 0) is 12.1 Å². The predicted octanol–water partition coefficient (Wildman–Crippen LogP) is 3.20. The van der Waals surface area contributed by atoms with Gasteiger partial charge in [0.05, 0.1) is 13.2 Å². The second-order valence-electron chi connectivity index (χ2n) is 3.62. The molecule has 0 spiro atoms. The first-order valence-electron chi connectivity index (χ1n) is 5.35. The smallest absolute Gasteiger partial charge is 0.132 e. The summed E-state index contributed by atoms with van der Waals surface area (Å²) in [5, 5.41) is 0.641. The van der Waals surface area contributed by atoms with Gasteiger partial charge in [0, 0.05) is 27.1 Å². The van der Waals surface area contributed by atoms with E-state index in [1.807, 2.05) is 6.07 Å². The Morgan fingerprint density at radius 3 is 3.00 bits per heavy atom. The number of ether oxygens (including phenoxy) is 1. The topological polar surface area (TPSA) is 35.2 Å². The molecule has 0 fully saturated rings. The standard InChI is InChI=1S/C13H14FNOS/c1-2-6-16-8-9-12(7-15)17-11-5-3-4-10(14)13(9)11/h2-5H,1,6-8,15H2. The van der Waals surface area contributed by atoms with Crippen LogP contribution in [0.4, 0.5) is 4.39 Å². The van der Waals surface area contributed by atoms with Crippen LogP contribution in [0.25, 0.3) is 10.1 Å². The molecule has 0 saturated carbocycles. The minimum absolute atomic E-state index is 0.212. The van der Waals surface area contributed by atoms with E-state index in [0.717, 1.165) is 15.1 Å². The zero-order valence-corrected chi connectivity index (χ0v) is 10.2. The first-order valence-corrected chi connectivity index (χ1v) is 6.17. The minimum Gasteiger partial charge on any atom is -0.373 e. The summed E-state index contributed by atoms with van der Waals surface area (Å²) in [5.41, 5.74) is 6.55. The van der Waals surface area contributed by atoms with Gasteiger partial charge in [-0.3, -0.25) is 0 Å². The lowest BCUT2D eigenvalue weighted by atomic mass is 10.1. The summed E-state index contributed by atoms with van der Waals surface area (Å²) in [7, 11) is 0. The predicted molar refractivity (Wildman–Crippen MR) is 69.5 cm³/mol. The van der Waals surface area contributed by atoms with Crippen LogP contribution in [0.1, 0.15) is 10.4 Å². The molecule has 2 N–H and O–H groups in total. The van der Waals surface area contributed by atoms with Crippen molar-refractivity contribution >= 4 is 21.4 Å². The highest BCUT2D eigenvalue weighted by Gasteiger charge is 2.14. The van der Waals surface area contributed by atoms with Gasteiger partial charge in [-0.15, -0.1) is 17.9 Å². The van der Waals surface area contributed by atoms with Crippen molar-refractivity contribution < 1.29 is 9.13 Å². The molecule has 0 amide bonds. The molecule has 2 aromatic rings. The quantitative estimate of drug-likeness (QED) is 0.654. The SMILES string of the molecule is C=CCOCc1c(CN)sc2cccc(F)c12. The second kappa shape index (κ2) is 5.40. The van der Waals surface area contributed by atoms with Crippen LogP contribution in [0.2, 0.25) is 0 Å². The van der Waals surface area contributed by atoms with Crippen molar-refractivity contribution in [3.8, 4) is 0 Å². The van der Waals surface area contributed by atoms with E-state index >= 15 is 0 Å². The molecule has 0 bridgehead atoms. The van der Waals surface area contributed by atoms with Crippen molar-refractivity contribution in [1.82, 2.24) is 0 Å². The van der Waals surface area contributed by atoms with Gasteiger partial charge in [0.15, 0.2) is 0 Å². The summed E-state index contributed by atoms with van der Waals surface area (Å²) in [6, 6.07) is 5.08. The largest absolute Gasteiger partial charge is 0.373 e.